The predicted molar refractivity (Wildman–Crippen MR) is 115 cm³/mol. The van der Waals surface area contributed by atoms with E-state index in [1.54, 1.807) is 11.1 Å². The van der Waals surface area contributed by atoms with Crippen molar-refractivity contribution in [2.24, 2.45) is 11.3 Å². The predicted octanol–water partition coefficient (Wildman–Crippen LogP) is 6.62. The molecular formula is C26H24N2. The number of para-hydroxylation sites is 2. The van der Waals surface area contributed by atoms with Crippen LogP contribution in [0.4, 0.5) is 0 Å². The Balaban J connectivity index is 1.55. The highest BCUT2D eigenvalue weighted by Gasteiger charge is 2.60. The average molecular weight is 364 g/mol. The number of fused-ring (bicyclic) bond motifs is 7. The highest BCUT2D eigenvalue weighted by atomic mass is 14.8. The van der Waals surface area contributed by atoms with Crippen molar-refractivity contribution in [3.8, 4) is 0 Å². The SMILES string of the molecule is CC1=C[C@H]2c3c([nH]c4ccccc34)[C@H](c3c[nH]c4ccccc34)[C@H]2C2(CC2)C1. The lowest BCUT2D eigenvalue weighted by molar-refractivity contribution is 0.254. The topological polar surface area (TPSA) is 31.6 Å². The van der Waals surface area contributed by atoms with E-state index in [1.807, 2.05) is 0 Å². The van der Waals surface area contributed by atoms with Crippen LogP contribution in [0.1, 0.15) is 54.8 Å². The van der Waals surface area contributed by atoms with Crippen LogP contribution in [0.3, 0.4) is 0 Å². The van der Waals surface area contributed by atoms with Gasteiger partial charge in [-0.2, -0.15) is 0 Å². The van der Waals surface area contributed by atoms with Crippen molar-refractivity contribution in [3.63, 3.8) is 0 Å². The van der Waals surface area contributed by atoms with E-state index in [4.69, 9.17) is 0 Å². The molecule has 7 rings (SSSR count). The minimum atomic E-state index is 0.454. The minimum absolute atomic E-state index is 0.454. The van der Waals surface area contributed by atoms with Crippen molar-refractivity contribution in [2.75, 3.05) is 0 Å². The van der Waals surface area contributed by atoms with Gasteiger partial charge in [0, 0.05) is 45.5 Å². The molecule has 1 saturated carbocycles. The van der Waals surface area contributed by atoms with E-state index in [1.165, 1.54) is 52.3 Å². The number of hydrogen-bond donors (Lipinski definition) is 2. The number of rotatable bonds is 1. The number of benzene rings is 2. The maximum absolute atomic E-state index is 3.87. The minimum Gasteiger partial charge on any atom is -0.361 e. The van der Waals surface area contributed by atoms with Gasteiger partial charge < -0.3 is 9.97 Å². The van der Waals surface area contributed by atoms with Crippen LogP contribution in [0, 0.1) is 11.3 Å². The van der Waals surface area contributed by atoms with Crippen LogP contribution in [0.15, 0.2) is 66.4 Å². The number of allylic oxidation sites excluding steroid dienone is 2. The van der Waals surface area contributed by atoms with Crippen molar-refractivity contribution < 1.29 is 0 Å². The Morgan fingerprint density at radius 3 is 2.50 bits per heavy atom. The summed E-state index contributed by atoms with van der Waals surface area (Å²) in [6.07, 6.45) is 8.95. The molecule has 3 aliphatic rings. The second-order valence-corrected chi connectivity index (χ2v) is 9.37. The van der Waals surface area contributed by atoms with Gasteiger partial charge in [-0.15, -0.1) is 0 Å². The third kappa shape index (κ3) is 1.79. The van der Waals surface area contributed by atoms with Gasteiger partial charge in [0.25, 0.3) is 0 Å². The molecule has 4 aromatic rings. The Hall–Kier alpha value is -2.74. The Morgan fingerprint density at radius 1 is 0.929 bits per heavy atom. The Kier molecular flexibility index (Phi) is 2.71. The molecule has 3 atom stereocenters. The second kappa shape index (κ2) is 5.00. The first-order valence-electron chi connectivity index (χ1n) is 10.6. The van der Waals surface area contributed by atoms with Crippen molar-refractivity contribution >= 4 is 21.8 Å². The number of aromatic amines is 2. The summed E-state index contributed by atoms with van der Waals surface area (Å²) in [6, 6.07) is 17.7. The zero-order chi connectivity index (χ0) is 18.5. The van der Waals surface area contributed by atoms with Crippen LogP contribution in [0.2, 0.25) is 0 Å². The van der Waals surface area contributed by atoms with E-state index in [-0.39, 0.29) is 0 Å². The summed E-state index contributed by atoms with van der Waals surface area (Å²) in [4.78, 5) is 7.43. The molecule has 0 radical (unpaired) electrons. The Labute approximate surface area is 164 Å². The molecule has 2 aromatic carbocycles. The second-order valence-electron chi connectivity index (χ2n) is 9.37. The van der Waals surface area contributed by atoms with Gasteiger partial charge in [0.1, 0.15) is 0 Å². The molecule has 1 spiro atoms. The fourth-order valence-corrected chi connectivity index (χ4v) is 6.69. The van der Waals surface area contributed by atoms with Crippen molar-refractivity contribution in [2.45, 2.75) is 38.0 Å². The molecule has 0 amide bonds. The van der Waals surface area contributed by atoms with Crippen LogP contribution < -0.4 is 0 Å². The van der Waals surface area contributed by atoms with E-state index in [0.29, 0.717) is 23.2 Å². The summed E-state index contributed by atoms with van der Waals surface area (Å²) >= 11 is 0. The monoisotopic (exact) mass is 364 g/mol. The average Bonchev–Trinajstić information content (AvgIpc) is 3.07. The Bertz CT molecular complexity index is 1280. The maximum Gasteiger partial charge on any atom is 0.0459 e. The zero-order valence-electron chi connectivity index (χ0n) is 16.1. The van der Waals surface area contributed by atoms with Crippen molar-refractivity contribution in [1.29, 1.82) is 0 Å². The summed E-state index contributed by atoms with van der Waals surface area (Å²) < 4.78 is 0. The van der Waals surface area contributed by atoms with E-state index in [2.05, 4.69) is 77.7 Å². The van der Waals surface area contributed by atoms with Crippen LogP contribution in [0.5, 0.6) is 0 Å². The third-order valence-electron chi connectivity index (χ3n) is 7.82. The molecule has 0 saturated heterocycles. The molecule has 2 nitrogen and oxygen atoms in total. The fourth-order valence-electron chi connectivity index (χ4n) is 6.69. The molecule has 28 heavy (non-hydrogen) atoms. The van der Waals surface area contributed by atoms with Gasteiger partial charge in [-0.3, -0.25) is 0 Å². The molecule has 1 fully saturated rings. The van der Waals surface area contributed by atoms with Gasteiger partial charge in [-0.05, 0) is 60.8 Å². The quantitative estimate of drug-likeness (QED) is 0.356. The summed E-state index contributed by atoms with van der Waals surface area (Å²) in [7, 11) is 0. The summed E-state index contributed by atoms with van der Waals surface area (Å²) in [5.41, 5.74) is 9.17. The molecular weight excluding hydrogens is 340 g/mol. The maximum atomic E-state index is 3.87. The van der Waals surface area contributed by atoms with Gasteiger partial charge in [0.2, 0.25) is 0 Å². The zero-order valence-corrected chi connectivity index (χ0v) is 16.1. The lowest BCUT2D eigenvalue weighted by Gasteiger charge is -2.37. The van der Waals surface area contributed by atoms with Gasteiger partial charge in [-0.25, -0.2) is 0 Å². The van der Waals surface area contributed by atoms with E-state index in [0.717, 1.165) is 0 Å². The van der Waals surface area contributed by atoms with E-state index < -0.39 is 0 Å². The first kappa shape index (κ1) is 15.2. The van der Waals surface area contributed by atoms with Crippen LogP contribution in [-0.2, 0) is 0 Å². The number of nitrogens with one attached hydrogen (secondary N) is 2. The van der Waals surface area contributed by atoms with E-state index in [9.17, 15) is 0 Å². The summed E-state index contributed by atoms with van der Waals surface area (Å²) in [5, 5.41) is 2.82. The molecule has 138 valence electrons. The van der Waals surface area contributed by atoms with Gasteiger partial charge >= 0.3 is 0 Å². The standard InChI is InChI=1S/C26H24N2/c1-15-12-18-22-17-7-3-5-9-21(17)28-25(22)23(24(18)26(13-15)10-11-26)19-14-27-20-8-4-2-6-16(19)20/h2-9,12,14,18,23-24,27-28H,10-11,13H2,1H3/t18-,23+,24-/m0/s1. The fraction of sp³-hybridized carbons (Fsp3) is 0.308. The smallest absolute Gasteiger partial charge is 0.0459 e. The molecule has 0 bridgehead atoms. The first-order chi connectivity index (χ1) is 13.8. The molecule has 2 aromatic heterocycles. The largest absolute Gasteiger partial charge is 0.361 e. The first-order valence-corrected chi connectivity index (χ1v) is 10.6. The lowest BCUT2D eigenvalue weighted by atomic mass is 9.66. The summed E-state index contributed by atoms with van der Waals surface area (Å²) in [6.45, 7) is 2.35. The Morgan fingerprint density at radius 2 is 1.68 bits per heavy atom. The van der Waals surface area contributed by atoms with E-state index >= 15 is 0 Å². The van der Waals surface area contributed by atoms with Crippen LogP contribution >= 0.6 is 0 Å². The molecule has 2 heterocycles. The summed E-state index contributed by atoms with van der Waals surface area (Å²) in [5.74, 6) is 1.68. The molecule has 0 aliphatic heterocycles. The third-order valence-corrected chi connectivity index (χ3v) is 7.82. The molecule has 2 N–H and O–H groups in total. The highest BCUT2D eigenvalue weighted by molar-refractivity contribution is 5.89. The number of aromatic nitrogens is 2. The molecule has 0 unspecified atom stereocenters. The van der Waals surface area contributed by atoms with Crippen molar-refractivity contribution in [3.05, 3.63) is 83.2 Å². The van der Waals surface area contributed by atoms with Crippen LogP contribution in [0.25, 0.3) is 21.8 Å². The van der Waals surface area contributed by atoms with Gasteiger partial charge in [0.05, 0.1) is 0 Å². The number of hydrogen-bond acceptors (Lipinski definition) is 0. The van der Waals surface area contributed by atoms with Gasteiger partial charge in [-0.1, -0.05) is 48.0 Å². The highest BCUT2D eigenvalue weighted by Crippen LogP contribution is 2.71. The lowest BCUT2D eigenvalue weighted by Crippen LogP contribution is -2.28. The van der Waals surface area contributed by atoms with Crippen LogP contribution in [-0.4, -0.2) is 9.97 Å². The van der Waals surface area contributed by atoms with Crippen molar-refractivity contribution in [1.82, 2.24) is 9.97 Å². The number of H-pyrrole nitrogens is 2. The van der Waals surface area contributed by atoms with Gasteiger partial charge in [0.15, 0.2) is 0 Å². The molecule has 2 heteroatoms. The molecule has 3 aliphatic carbocycles. The normalized spacial score (nSPS) is 27.2.